The molecule has 0 saturated carbocycles. The number of benzene rings is 2. The van der Waals surface area contributed by atoms with Crippen LogP contribution in [0.25, 0.3) is 0 Å². The van der Waals surface area contributed by atoms with Crippen LogP contribution in [-0.2, 0) is 9.59 Å². The summed E-state index contributed by atoms with van der Waals surface area (Å²) in [5, 5.41) is 6.26. The van der Waals surface area contributed by atoms with Gasteiger partial charge in [-0.1, -0.05) is 40.2 Å². The predicted molar refractivity (Wildman–Crippen MR) is 96.1 cm³/mol. The number of nitrogens with one attached hydrogen (secondary N) is 2. The Morgan fingerprint density at radius 3 is 2.71 bits per heavy atom. The molecule has 0 bridgehead atoms. The van der Waals surface area contributed by atoms with Gasteiger partial charge >= 0.3 is 11.8 Å². The van der Waals surface area contributed by atoms with Gasteiger partial charge in [0.25, 0.3) is 0 Å². The minimum Gasteiger partial charge on any atom is -0.492 e. The Bertz CT molecular complexity index is 762. The quantitative estimate of drug-likeness (QED) is 0.468. The number of halogens is 1. The van der Waals surface area contributed by atoms with E-state index in [0.29, 0.717) is 18.0 Å². The SMILES string of the molecule is CCOc1ccccc1NC(=O)C(=O)N/N=C\c1cccc(Br)c1. The first-order chi connectivity index (χ1) is 11.6. The van der Waals surface area contributed by atoms with Crippen LogP contribution in [0.5, 0.6) is 5.75 Å². The molecule has 0 unspecified atom stereocenters. The first kappa shape index (κ1) is 17.7. The van der Waals surface area contributed by atoms with Crippen molar-refractivity contribution in [3.05, 3.63) is 58.6 Å². The highest BCUT2D eigenvalue weighted by molar-refractivity contribution is 9.10. The van der Waals surface area contributed by atoms with Crippen LogP contribution in [0.3, 0.4) is 0 Å². The summed E-state index contributed by atoms with van der Waals surface area (Å²) in [6.45, 7) is 2.29. The van der Waals surface area contributed by atoms with Gasteiger partial charge in [-0.05, 0) is 36.8 Å². The van der Waals surface area contributed by atoms with Gasteiger partial charge < -0.3 is 10.1 Å². The molecule has 2 N–H and O–H groups in total. The van der Waals surface area contributed by atoms with E-state index in [4.69, 9.17) is 4.74 Å². The first-order valence-corrected chi connectivity index (χ1v) is 8.01. The van der Waals surface area contributed by atoms with Crippen LogP contribution in [-0.4, -0.2) is 24.6 Å². The molecule has 2 aromatic carbocycles. The van der Waals surface area contributed by atoms with E-state index in [1.54, 1.807) is 24.3 Å². The number of carbonyl (C=O) groups is 2. The highest BCUT2D eigenvalue weighted by Gasteiger charge is 2.15. The number of rotatable bonds is 5. The lowest BCUT2D eigenvalue weighted by atomic mass is 10.2. The fourth-order valence-electron chi connectivity index (χ4n) is 1.83. The predicted octanol–water partition coefficient (Wildman–Crippen LogP) is 2.94. The van der Waals surface area contributed by atoms with Crippen LogP contribution < -0.4 is 15.5 Å². The number of ether oxygens (including phenoxy) is 1. The summed E-state index contributed by atoms with van der Waals surface area (Å²) in [4.78, 5) is 23.7. The molecule has 2 rings (SSSR count). The van der Waals surface area contributed by atoms with Crippen molar-refractivity contribution in [1.82, 2.24) is 5.43 Å². The molecule has 0 atom stereocenters. The van der Waals surface area contributed by atoms with Crippen molar-refractivity contribution in [2.75, 3.05) is 11.9 Å². The van der Waals surface area contributed by atoms with E-state index in [1.807, 2.05) is 31.2 Å². The molecule has 0 spiro atoms. The largest absolute Gasteiger partial charge is 0.492 e. The Morgan fingerprint density at radius 2 is 1.96 bits per heavy atom. The summed E-state index contributed by atoms with van der Waals surface area (Å²) >= 11 is 3.34. The van der Waals surface area contributed by atoms with Crippen LogP contribution >= 0.6 is 15.9 Å². The van der Waals surface area contributed by atoms with Crippen molar-refractivity contribution in [1.29, 1.82) is 0 Å². The van der Waals surface area contributed by atoms with Crippen LogP contribution in [0, 0.1) is 0 Å². The Morgan fingerprint density at radius 1 is 1.17 bits per heavy atom. The number of carbonyl (C=O) groups excluding carboxylic acids is 2. The molecule has 124 valence electrons. The van der Waals surface area contributed by atoms with Crippen molar-refractivity contribution in [2.45, 2.75) is 6.92 Å². The molecule has 6 nitrogen and oxygen atoms in total. The fourth-order valence-corrected chi connectivity index (χ4v) is 2.25. The number of hydrogen-bond acceptors (Lipinski definition) is 4. The molecule has 2 aromatic rings. The van der Waals surface area contributed by atoms with Gasteiger partial charge in [0.05, 0.1) is 18.5 Å². The topological polar surface area (TPSA) is 79.8 Å². The Labute approximate surface area is 148 Å². The van der Waals surface area contributed by atoms with Gasteiger partial charge in [-0.15, -0.1) is 0 Å². The van der Waals surface area contributed by atoms with Crippen LogP contribution in [0.15, 0.2) is 58.1 Å². The molecule has 0 aromatic heterocycles. The Balaban J connectivity index is 1.94. The van der Waals surface area contributed by atoms with E-state index >= 15 is 0 Å². The van der Waals surface area contributed by atoms with E-state index < -0.39 is 11.8 Å². The lowest BCUT2D eigenvalue weighted by Gasteiger charge is -2.10. The molecule has 2 amide bonds. The van der Waals surface area contributed by atoms with Crippen molar-refractivity contribution < 1.29 is 14.3 Å². The highest BCUT2D eigenvalue weighted by Crippen LogP contribution is 2.23. The van der Waals surface area contributed by atoms with Gasteiger partial charge in [-0.3, -0.25) is 9.59 Å². The van der Waals surface area contributed by atoms with E-state index in [2.05, 4.69) is 31.8 Å². The fraction of sp³-hybridized carbons (Fsp3) is 0.118. The molecule has 0 aliphatic rings. The maximum absolute atomic E-state index is 11.9. The lowest BCUT2D eigenvalue weighted by Crippen LogP contribution is -2.32. The summed E-state index contributed by atoms with van der Waals surface area (Å²) in [6, 6.07) is 14.2. The van der Waals surface area contributed by atoms with Gasteiger partial charge in [0.15, 0.2) is 0 Å². The monoisotopic (exact) mass is 389 g/mol. The van der Waals surface area contributed by atoms with Crippen LogP contribution in [0.1, 0.15) is 12.5 Å². The molecule has 7 heteroatoms. The zero-order chi connectivity index (χ0) is 17.4. The third-order valence-electron chi connectivity index (χ3n) is 2.87. The molecule has 0 aliphatic carbocycles. The smallest absolute Gasteiger partial charge is 0.329 e. The van der Waals surface area contributed by atoms with Crippen molar-refractivity contribution in [2.24, 2.45) is 5.10 Å². The number of para-hydroxylation sites is 2. The van der Waals surface area contributed by atoms with Crippen LogP contribution in [0.2, 0.25) is 0 Å². The third kappa shape index (κ3) is 5.20. The zero-order valence-electron chi connectivity index (χ0n) is 13.0. The standard InChI is InChI=1S/C17H16BrN3O3/c1-2-24-15-9-4-3-8-14(15)20-16(22)17(23)21-19-11-12-6-5-7-13(18)10-12/h3-11H,2H2,1H3,(H,20,22)(H,21,23)/b19-11-. The van der Waals surface area contributed by atoms with Gasteiger partial charge in [0, 0.05) is 4.47 Å². The summed E-state index contributed by atoms with van der Waals surface area (Å²) in [6.07, 6.45) is 1.45. The van der Waals surface area contributed by atoms with E-state index in [0.717, 1.165) is 10.0 Å². The number of anilines is 1. The van der Waals surface area contributed by atoms with Gasteiger partial charge in [0.1, 0.15) is 5.75 Å². The Kier molecular flexibility index (Phi) is 6.51. The molecule has 0 saturated heterocycles. The zero-order valence-corrected chi connectivity index (χ0v) is 14.5. The van der Waals surface area contributed by atoms with E-state index in [9.17, 15) is 9.59 Å². The summed E-state index contributed by atoms with van der Waals surface area (Å²) in [5.41, 5.74) is 3.39. The van der Waals surface area contributed by atoms with Gasteiger partial charge in [-0.2, -0.15) is 5.10 Å². The average Bonchev–Trinajstić information content (AvgIpc) is 2.57. The van der Waals surface area contributed by atoms with Crippen molar-refractivity contribution >= 4 is 39.6 Å². The number of amides is 2. The molecular weight excluding hydrogens is 374 g/mol. The summed E-state index contributed by atoms with van der Waals surface area (Å²) in [7, 11) is 0. The minimum absolute atomic E-state index is 0.426. The summed E-state index contributed by atoms with van der Waals surface area (Å²) < 4.78 is 6.28. The minimum atomic E-state index is -0.868. The second kappa shape index (κ2) is 8.83. The summed E-state index contributed by atoms with van der Waals surface area (Å²) in [5.74, 6) is -1.19. The molecule has 24 heavy (non-hydrogen) atoms. The molecule has 0 radical (unpaired) electrons. The lowest BCUT2D eigenvalue weighted by molar-refractivity contribution is -0.136. The normalized spacial score (nSPS) is 10.4. The second-order valence-corrected chi connectivity index (χ2v) is 5.55. The number of nitrogens with zero attached hydrogens (tertiary/aromatic N) is 1. The van der Waals surface area contributed by atoms with E-state index in [-0.39, 0.29) is 0 Å². The highest BCUT2D eigenvalue weighted by atomic mass is 79.9. The number of hydrogen-bond donors (Lipinski definition) is 2. The third-order valence-corrected chi connectivity index (χ3v) is 3.36. The molecule has 0 fully saturated rings. The maximum atomic E-state index is 11.9. The molecule has 0 heterocycles. The van der Waals surface area contributed by atoms with Crippen molar-refractivity contribution in [3.63, 3.8) is 0 Å². The van der Waals surface area contributed by atoms with Crippen LogP contribution in [0.4, 0.5) is 5.69 Å². The van der Waals surface area contributed by atoms with Gasteiger partial charge in [0.2, 0.25) is 0 Å². The maximum Gasteiger partial charge on any atom is 0.329 e. The number of hydrazone groups is 1. The van der Waals surface area contributed by atoms with E-state index in [1.165, 1.54) is 6.21 Å². The molecule has 0 aliphatic heterocycles. The first-order valence-electron chi connectivity index (χ1n) is 7.22. The Hall–Kier alpha value is -2.67. The van der Waals surface area contributed by atoms with Gasteiger partial charge in [-0.25, -0.2) is 5.43 Å². The van der Waals surface area contributed by atoms with Crippen molar-refractivity contribution in [3.8, 4) is 5.75 Å². The molecular formula is C17H16BrN3O3. The second-order valence-electron chi connectivity index (χ2n) is 4.64. The average molecular weight is 390 g/mol.